The van der Waals surface area contributed by atoms with Crippen LogP contribution in [0.25, 0.3) is 0 Å². The maximum atomic E-state index is 13.1. The molecule has 2 aromatic carbocycles. The van der Waals surface area contributed by atoms with Crippen LogP contribution in [0.15, 0.2) is 53.0 Å². The predicted molar refractivity (Wildman–Crippen MR) is 151 cm³/mol. The Hall–Kier alpha value is -2.36. The Balaban J connectivity index is 2.60. The average Bonchev–Trinajstić information content (AvgIpc) is 2.78. The van der Waals surface area contributed by atoms with Crippen molar-refractivity contribution in [2.45, 2.75) is 84.0 Å². The molecule has 1 N–H and O–H groups in total. The molecule has 0 heterocycles. The molecule has 0 aliphatic carbocycles. The number of carbonyl (C=O) groups excluding carboxylic acids is 2. The molecule has 204 valence electrons. The van der Waals surface area contributed by atoms with Gasteiger partial charge in [-0.3, -0.25) is 0 Å². The second-order valence-corrected chi connectivity index (χ2v) is 17.1. The van der Waals surface area contributed by atoms with E-state index >= 15 is 0 Å². The number of methoxy groups -OCH3 is 1. The molecule has 7 nitrogen and oxygen atoms in total. The van der Waals surface area contributed by atoms with Crippen molar-refractivity contribution in [2.24, 2.45) is 0 Å². The first-order chi connectivity index (χ1) is 17.0. The minimum atomic E-state index is -2.47. The predicted octanol–water partition coefficient (Wildman–Crippen LogP) is 7.16. The summed E-state index contributed by atoms with van der Waals surface area (Å²) in [5.74, 6) is -0.112. The van der Waals surface area contributed by atoms with Crippen molar-refractivity contribution in [1.29, 1.82) is 0 Å². The van der Waals surface area contributed by atoms with Gasteiger partial charge in [-0.05, 0) is 62.7 Å². The number of carbonyl (C=O) groups is 2. The number of rotatable bonds is 9. The van der Waals surface area contributed by atoms with Gasteiger partial charge in [0, 0.05) is 10.0 Å². The van der Waals surface area contributed by atoms with Gasteiger partial charge in [-0.25, -0.2) is 9.59 Å². The van der Waals surface area contributed by atoms with E-state index in [1.165, 1.54) is 7.11 Å². The maximum Gasteiger partial charge on any atom is 0.408 e. The molecule has 0 bridgehead atoms. The summed E-state index contributed by atoms with van der Waals surface area (Å²) in [5.41, 5.74) is 0.858. The Kier molecular flexibility index (Phi) is 10.4. The van der Waals surface area contributed by atoms with Crippen molar-refractivity contribution in [2.75, 3.05) is 7.11 Å². The summed E-state index contributed by atoms with van der Waals surface area (Å²) in [6.07, 6.45) is -1.64. The number of alkyl carbamates (subject to hydrolysis) is 1. The molecule has 0 spiro atoms. The molecule has 1 amide bonds. The monoisotopic (exact) mass is 593 g/mol. The highest BCUT2D eigenvalue weighted by Gasteiger charge is 2.44. The first-order valence-corrected chi connectivity index (χ1v) is 16.0. The van der Waals surface area contributed by atoms with Gasteiger partial charge < -0.3 is 24.0 Å². The molecular weight excluding hydrogens is 554 g/mol. The van der Waals surface area contributed by atoms with E-state index in [0.29, 0.717) is 17.9 Å². The van der Waals surface area contributed by atoms with Crippen LogP contribution < -0.4 is 10.1 Å². The van der Waals surface area contributed by atoms with Crippen LogP contribution in [0.5, 0.6) is 5.75 Å². The van der Waals surface area contributed by atoms with Crippen molar-refractivity contribution >= 4 is 36.3 Å². The van der Waals surface area contributed by atoms with Gasteiger partial charge in [-0.2, -0.15) is 0 Å². The van der Waals surface area contributed by atoms with Gasteiger partial charge in [-0.15, -0.1) is 0 Å². The number of hydrogen-bond donors (Lipinski definition) is 1. The van der Waals surface area contributed by atoms with Gasteiger partial charge in [0.1, 0.15) is 24.1 Å². The van der Waals surface area contributed by atoms with Gasteiger partial charge >= 0.3 is 12.1 Å². The molecule has 0 saturated heterocycles. The Morgan fingerprint density at radius 3 is 2.16 bits per heavy atom. The highest BCUT2D eigenvalue weighted by atomic mass is 79.9. The lowest BCUT2D eigenvalue weighted by Crippen LogP contribution is -2.52. The molecule has 0 radical (unpaired) electrons. The van der Waals surface area contributed by atoms with Gasteiger partial charge in [0.15, 0.2) is 14.4 Å². The normalized spacial score (nSPS) is 13.9. The summed E-state index contributed by atoms with van der Waals surface area (Å²) in [4.78, 5) is 26.0. The van der Waals surface area contributed by atoms with E-state index in [2.05, 4.69) is 55.1 Å². The Morgan fingerprint density at radius 2 is 1.62 bits per heavy atom. The van der Waals surface area contributed by atoms with Crippen LogP contribution in [0.3, 0.4) is 0 Å². The smallest absolute Gasteiger partial charge is 0.408 e. The summed E-state index contributed by atoms with van der Waals surface area (Å²) in [7, 11) is -1.19. The van der Waals surface area contributed by atoms with Crippen molar-refractivity contribution in [3.63, 3.8) is 0 Å². The highest BCUT2D eigenvalue weighted by Crippen LogP contribution is 2.43. The van der Waals surface area contributed by atoms with Gasteiger partial charge in [0.2, 0.25) is 0 Å². The third-order valence-corrected chi connectivity index (χ3v) is 11.1. The SMILES string of the molecule is COC(=O)[C@@H](NC(=O)OC(C)(C)C)[C@H](O[Si](C)(C)C(C)(C)C)c1cc(Br)ccc1OCc1ccccc1. The van der Waals surface area contributed by atoms with Gasteiger partial charge in [0.25, 0.3) is 0 Å². The van der Waals surface area contributed by atoms with E-state index in [9.17, 15) is 9.59 Å². The Labute approximate surface area is 230 Å². The zero-order valence-electron chi connectivity index (χ0n) is 23.3. The Bertz CT molecular complexity index is 1060. The number of amides is 1. The maximum absolute atomic E-state index is 13.1. The summed E-state index contributed by atoms with van der Waals surface area (Å²) in [6, 6.07) is 14.2. The fourth-order valence-corrected chi connectivity index (χ4v) is 4.86. The molecule has 37 heavy (non-hydrogen) atoms. The first-order valence-electron chi connectivity index (χ1n) is 12.3. The van der Waals surface area contributed by atoms with Crippen LogP contribution in [0, 0.1) is 0 Å². The highest BCUT2D eigenvalue weighted by molar-refractivity contribution is 9.10. The molecule has 0 fully saturated rings. The van der Waals surface area contributed by atoms with Crippen LogP contribution in [-0.2, 0) is 25.3 Å². The summed E-state index contributed by atoms with van der Waals surface area (Å²) in [6.45, 7) is 16.1. The van der Waals surface area contributed by atoms with Crippen LogP contribution >= 0.6 is 15.9 Å². The molecule has 2 atom stereocenters. The lowest BCUT2D eigenvalue weighted by Gasteiger charge is -2.41. The summed E-state index contributed by atoms with van der Waals surface area (Å²) in [5, 5.41) is 2.54. The number of esters is 1. The molecule has 0 aliphatic rings. The fraction of sp³-hybridized carbons (Fsp3) is 0.500. The van der Waals surface area contributed by atoms with Crippen LogP contribution in [-0.4, -0.2) is 39.1 Å². The fourth-order valence-electron chi connectivity index (χ4n) is 3.23. The molecule has 0 saturated carbocycles. The quantitative estimate of drug-likeness (QED) is 0.245. The van der Waals surface area contributed by atoms with E-state index in [-0.39, 0.29) is 5.04 Å². The topological polar surface area (TPSA) is 83.1 Å². The molecule has 2 rings (SSSR count). The zero-order valence-corrected chi connectivity index (χ0v) is 25.9. The number of halogens is 1. The van der Waals surface area contributed by atoms with Crippen molar-refractivity contribution in [1.82, 2.24) is 5.32 Å². The molecule has 0 aromatic heterocycles. The number of hydrogen-bond acceptors (Lipinski definition) is 6. The van der Waals surface area contributed by atoms with E-state index in [0.717, 1.165) is 10.0 Å². The minimum absolute atomic E-state index is 0.172. The van der Waals surface area contributed by atoms with E-state index in [1.807, 2.05) is 48.5 Å². The third kappa shape index (κ3) is 9.16. The molecule has 0 unspecified atom stereocenters. The summed E-state index contributed by atoms with van der Waals surface area (Å²) < 4.78 is 24.4. The second kappa shape index (κ2) is 12.5. The van der Waals surface area contributed by atoms with Gasteiger partial charge in [-0.1, -0.05) is 67.0 Å². The van der Waals surface area contributed by atoms with Crippen LogP contribution in [0.4, 0.5) is 4.79 Å². The van der Waals surface area contributed by atoms with E-state index < -0.39 is 38.1 Å². The standard InChI is InChI=1S/C28H40BrNO6Si/c1-27(2,3)35-26(32)30-23(25(31)33-7)24(36-37(8,9)28(4,5)6)21-17-20(29)15-16-22(21)34-18-19-13-11-10-12-14-19/h10-17,23-24H,18H2,1-9H3,(H,30,32)/t23-,24+/m0/s1. The van der Waals surface area contributed by atoms with E-state index in [4.69, 9.17) is 18.6 Å². The second-order valence-electron chi connectivity index (χ2n) is 11.4. The zero-order chi connectivity index (χ0) is 28.0. The first kappa shape index (κ1) is 30.9. The number of nitrogens with one attached hydrogen (secondary N) is 1. The van der Waals surface area contributed by atoms with E-state index in [1.54, 1.807) is 20.8 Å². The Morgan fingerprint density at radius 1 is 1.00 bits per heavy atom. The third-order valence-electron chi connectivity index (χ3n) is 6.17. The van der Waals surface area contributed by atoms with Crippen LogP contribution in [0.1, 0.15) is 58.8 Å². The number of benzene rings is 2. The van der Waals surface area contributed by atoms with Crippen LogP contribution in [0.2, 0.25) is 18.1 Å². The molecule has 0 aliphatic heterocycles. The van der Waals surface area contributed by atoms with Gasteiger partial charge in [0.05, 0.1) is 7.11 Å². The van der Waals surface area contributed by atoms with Crippen molar-refractivity contribution < 1.29 is 28.2 Å². The van der Waals surface area contributed by atoms with Crippen molar-refractivity contribution in [3.8, 4) is 5.75 Å². The lowest BCUT2D eigenvalue weighted by atomic mass is 10.0. The molecule has 9 heteroatoms. The summed E-state index contributed by atoms with van der Waals surface area (Å²) >= 11 is 3.55. The largest absolute Gasteiger partial charge is 0.489 e. The molecule has 2 aromatic rings. The number of ether oxygens (including phenoxy) is 3. The van der Waals surface area contributed by atoms with Crippen molar-refractivity contribution in [3.05, 3.63) is 64.1 Å². The minimum Gasteiger partial charge on any atom is -0.489 e. The average molecular weight is 595 g/mol. The molecular formula is C28H40BrNO6Si. The lowest BCUT2D eigenvalue weighted by molar-refractivity contribution is -0.146.